The van der Waals surface area contributed by atoms with Gasteiger partial charge in [-0.05, 0) is 26.8 Å². The molecule has 0 saturated carbocycles. The molecule has 1 heterocycles. The van der Waals surface area contributed by atoms with Crippen LogP contribution in [0.15, 0.2) is 16.7 Å². The van der Waals surface area contributed by atoms with Crippen molar-refractivity contribution in [3.8, 4) is 0 Å². The number of hydrogen-bond acceptors (Lipinski definition) is 3. The first-order chi connectivity index (χ1) is 6.46. The summed E-state index contributed by atoms with van der Waals surface area (Å²) in [5.41, 5.74) is 0.160. The number of aliphatic hydroxyl groups excluding tert-OH is 1. The van der Waals surface area contributed by atoms with Gasteiger partial charge in [-0.25, -0.2) is 0 Å². The van der Waals surface area contributed by atoms with E-state index in [1.807, 2.05) is 0 Å². The summed E-state index contributed by atoms with van der Waals surface area (Å²) >= 11 is 0. The molecule has 0 bridgehead atoms. The first-order valence-electron chi connectivity index (χ1n) is 4.44. The molecule has 0 radical (unpaired) electrons. The monoisotopic (exact) mass is 197 g/mol. The van der Waals surface area contributed by atoms with E-state index in [1.165, 1.54) is 6.26 Å². The Morgan fingerprint density at radius 3 is 2.71 bits per heavy atom. The summed E-state index contributed by atoms with van der Waals surface area (Å²) in [6, 6.07) is 1.72. The normalized spacial score (nSPS) is 11.4. The summed E-state index contributed by atoms with van der Waals surface area (Å²) in [6.45, 7) is 5.16. The molecule has 2 N–H and O–H groups in total. The molecule has 1 aromatic rings. The molecular formula is C10H15NO3. The van der Waals surface area contributed by atoms with Gasteiger partial charge < -0.3 is 14.8 Å². The van der Waals surface area contributed by atoms with E-state index >= 15 is 0 Å². The summed E-state index contributed by atoms with van der Waals surface area (Å²) in [7, 11) is 0. The number of aryl methyl sites for hydroxylation is 1. The van der Waals surface area contributed by atoms with Crippen LogP contribution in [0.1, 0.15) is 30.0 Å². The number of furan rings is 1. The van der Waals surface area contributed by atoms with Crippen LogP contribution in [0.25, 0.3) is 0 Å². The van der Waals surface area contributed by atoms with Crippen molar-refractivity contribution in [2.24, 2.45) is 0 Å². The second kappa shape index (κ2) is 3.84. The summed E-state index contributed by atoms with van der Waals surface area (Å²) in [6.07, 6.45) is 1.47. The SMILES string of the molecule is Cc1ccoc1C(=O)NC(C)(C)CO. The predicted octanol–water partition coefficient (Wildman–Crippen LogP) is 1.09. The molecule has 0 aliphatic rings. The van der Waals surface area contributed by atoms with Crippen LogP contribution in [-0.4, -0.2) is 23.2 Å². The van der Waals surface area contributed by atoms with Gasteiger partial charge in [0.1, 0.15) is 0 Å². The van der Waals surface area contributed by atoms with E-state index in [0.29, 0.717) is 5.76 Å². The Kier molecular flexibility index (Phi) is 2.96. The second-order valence-corrected chi connectivity index (χ2v) is 3.93. The highest BCUT2D eigenvalue weighted by atomic mass is 16.3. The van der Waals surface area contributed by atoms with Crippen molar-refractivity contribution in [3.05, 3.63) is 23.7 Å². The lowest BCUT2D eigenvalue weighted by Crippen LogP contribution is -2.46. The Hall–Kier alpha value is -1.29. The van der Waals surface area contributed by atoms with Crippen LogP contribution < -0.4 is 5.32 Å². The quantitative estimate of drug-likeness (QED) is 0.762. The van der Waals surface area contributed by atoms with E-state index in [-0.39, 0.29) is 12.5 Å². The van der Waals surface area contributed by atoms with Crippen LogP contribution in [0.4, 0.5) is 0 Å². The highest BCUT2D eigenvalue weighted by molar-refractivity contribution is 5.93. The predicted molar refractivity (Wildman–Crippen MR) is 52.1 cm³/mol. The summed E-state index contributed by atoms with van der Waals surface area (Å²) in [4.78, 5) is 11.6. The van der Waals surface area contributed by atoms with Gasteiger partial charge in [-0.1, -0.05) is 0 Å². The summed E-state index contributed by atoms with van der Waals surface area (Å²) < 4.78 is 5.02. The molecule has 0 fully saturated rings. The Morgan fingerprint density at radius 1 is 1.64 bits per heavy atom. The van der Waals surface area contributed by atoms with Crippen molar-refractivity contribution in [1.29, 1.82) is 0 Å². The van der Waals surface area contributed by atoms with Gasteiger partial charge in [0.25, 0.3) is 5.91 Å². The molecule has 0 unspecified atom stereocenters. The van der Waals surface area contributed by atoms with Gasteiger partial charge in [-0.3, -0.25) is 4.79 Å². The molecule has 1 amide bonds. The van der Waals surface area contributed by atoms with Crippen molar-refractivity contribution < 1.29 is 14.3 Å². The zero-order valence-corrected chi connectivity index (χ0v) is 8.63. The summed E-state index contributed by atoms with van der Waals surface area (Å²) in [5, 5.41) is 11.6. The van der Waals surface area contributed by atoms with Crippen molar-refractivity contribution >= 4 is 5.91 Å². The molecule has 0 saturated heterocycles. The third kappa shape index (κ3) is 2.35. The van der Waals surface area contributed by atoms with E-state index in [1.54, 1.807) is 26.8 Å². The first-order valence-corrected chi connectivity index (χ1v) is 4.44. The van der Waals surface area contributed by atoms with E-state index in [4.69, 9.17) is 9.52 Å². The zero-order valence-electron chi connectivity index (χ0n) is 8.63. The van der Waals surface area contributed by atoms with Crippen molar-refractivity contribution in [2.45, 2.75) is 26.3 Å². The number of rotatable bonds is 3. The van der Waals surface area contributed by atoms with Crippen LogP contribution in [0.2, 0.25) is 0 Å². The topological polar surface area (TPSA) is 62.5 Å². The highest BCUT2D eigenvalue weighted by Gasteiger charge is 2.22. The van der Waals surface area contributed by atoms with Crippen molar-refractivity contribution in [3.63, 3.8) is 0 Å². The third-order valence-electron chi connectivity index (χ3n) is 1.92. The van der Waals surface area contributed by atoms with Gasteiger partial charge in [0, 0.05) is 5.56 Å². The molecule has 14 heavy (non-hydrogen) atoms. The zero-order chi connectivity index (χ0) is 10.8. The van der Waals surface area contributed by atoms with E-state index < -0.39 is 5.54 Å². The Bertz CT molecular complexity index is 328. The lowest BCUT2D eigenvalue weighted by atomic mass is 10.1. The van der Waals surface area contributed by atoms with Gasteiger partial charge in [-0.2, -0.15) is 0 Å². The molecule has 1 aromatic heterocycles. The highest BCUT2D eigenvalue weighted by Crippen LogP contribution is 2.10. The van der Waals surface area contributed by atoms with Crippen LogP contribution in [0.3, 0.4) is 0 Å². The number of amides is 1. The number of hydrogen-bond donors (Lipinski definition) is 2. The molecule has 4 heteroatoms. The smallest absolute Gasteiger partial charge is 0.287 e. The standard InChI is InChI=1S/C10H15NO3/c1-7-4-5-14-8(7)9(13)11-10(2,3)6-12/h4-5,12H,6H2,1-3H3,(H,11,13). The maximum Gasteiger partial charge on any atom is 0.287 e. The molecule has 4 nitrogen and oxygen atoms in total. The van der Waals surface area contributed by atoms with Crippen LogP contribution in [0.5, 0.6) is 0 Å². The third-order valence-corrected chi connectivity index (χ3v) is 1.92. The fourth-order valence-electron chi connectivity index (χ4n) is 1.01. The molecule has 0 aromatic carbocycles. The van der Waals surface area contributed by atoms with E-state index in [2.05, 4.69) is 5.32 Å². The Morgan fingerprint density at radius 2 is 2.29 bits per heavy atom. The molecule has 0 aliphatic carbocycles. The number of nitrogens with one attached hydrogen (secondary N) is 1. The molecule has 1 rings (SSSR count). The van der Waals surface area contributed by atoms with Gasteiger partial charge in [-0.15, -0.1) is 0 Å². The maximum absolute atomic E-state index is 11.6. The largest absolute Gasteiger partial charge is 0.459 e. The average molecular weight is 197 g/mol. The Balaban J connectivity index is 2.73. The summed E-state index contributed by atoms with van der Waals surface area (Å²) in [5.74, 6) is -0.00178. The van der Waals surface area contributed by atoms with Crippen LogP contribution >= 0.6 is 0 Å². The molecule has 78 valence electrons. The number of aliphatic hydroxyl groups is 1. The molecular weight excluding hydrogens is 182 g/mol. The van der Waals surface area contributed by atoms with Gasteiger partial charge in [0.2, 0.25) is 0 Å². The Labute approximate surface area is 82.9 Å². The second-order valence-electron chi connectivity index (χ2n) is 3.93. The average Bonchev–Trinajstić information content (AvgIpc) is 2.51. The van der Waals surface area contributed by atoms with Gasteiger partial charge in [0.15, 0.2) is 5.76 Å². The minimum absolute atomic E-state index is 0.113. The molecule has 0 spiro atoms. The fourth-order valence-corrected chi connectivity index (χ4v) is 1.01. The van der Waals surface area contributed by atoms with Crippen LogP contribution in [-0.2, 0) is 0 Å². The first kappa shape index (κ1) is 10.8. The number of carbonyl (C=O) groups is 1. The van der Waals surface area contributed by atoms with E-state index in [0.717, 1.165) is 5.56 Å². The lowest BCUT2D eigenvalue weighted by Gasteiger charge is -2.22. The van der Waals surface area contributed by atoms with Crippen LogP contribution in [0, 0.1) is 6.92 Å². The molecule has 0 atom stereocenters. The minimum atomic E-state index is -0.629. The molecule has 0 aliphatic heterocycles. The van der Waals surface area contributed by atoms with Crippen molar-refractivity contribution in [2.75, 3.05) is 6.61 Å². The maximum atomic E-state index is 11.6. The van der Waals surface area contributed by atoms with Gasteiger partial charge >= 0.3 is 0 Å². The minimum Gasteiger partial charge on any atom is -0.459 e. The van der Waals surface area contributed by atoms with Gasteiger partial charge in [0.05, 0.1) is 18.4 Å². The lowest BCUT2D eigenvalue weighted by molar-refractivity contribution is 0.0840. The van der Waals surface area contributed by atoms with Crippen molar-refractivity contribution in [1.82, 2.24) is 5.32 Å². The fraction of sp³-hybridized carbons (Fsp3) is 0.500. The number of carbonyl (C=O) groups excluding carboxylic acids is 1. The van der Waals surface area contributed by atoms with E-state index in [9.17, 15) is 4.79 Å².